The highest BCUT2D eigenvalue weighted by atomic mass is 16.5. The van der Waals surface area contributed by atoms with Crippen molar-refractivity contribution in [2.24, 2.45) is 5.73 Å². The van der Waals surface area contributed by atoms with Crippen molar-refractivity contribution >= 4 is 0 Å². The summed E-state index contributed by atoms with van der Waals surface area (Å²) >= 11 is 0. The van der Waals surface area contributed by atoms with Crippen molar-refractivity contribution in [1.29, 1.82) is 0 Å². The molecular weight excluding hydrogens is 190 g/mol. The number of hydrogen-bond donors (Lipinski definition) is 2. The lowest BCUT2D eigenvalue weighted by Gasteiger charge is -2.14. The Kier molecular flexibility index (Phi) is 4.59. The van der Waals surface area contributed by atoms with E-state index in [1.54, 1.807) is 0 Å². The summed E-state index contributed by atoms with van der Waals surface area (Å²) in [6, 6.07) is 5.94. The standard InChI is InChI=1S/C12H19NO2/c1-9-4-5-12(15-7-3-6-14)11(8-9)10(2)13/h4-5,8,10,14H,3,6-7,13H2,1-2H3/t10-/m1/s1. The lowest BCUT2D eigenvalue weighted by atomic mass is 10.1. The van der Waals surface area contributed by atoms with Crippen LogP contribution in [0.4, 0.5) is 0 Å². The fourth-order valence-electron chi connectivity index (χ4n) is 1.40. The Balaban J connectivity index is 2.77. The quantitative estimate of drug-likeness (QED) is 0.727. The Bertz CT molecular complexity index is 310. The zero-order chi connectivity index (χ0) is 11.3. The molecule has 3 nitrogen and oxygen atoms in total. The van der Waals surface area contributed by atoms with Gasteiger partial charge in [-0.05, 0) is 19.9 Å². The van der Waals surface area contributed by atoms with Crippen LogP contribution in [-0.4, -0.2) is 18.3 Å². The van der Waals surface area contributed by atoms with E-state index in [-0.39, 0.29) is 12.6 Å². The molecule has 0 aliphatic rings. The topological polar surface area (TPSA) is 55.5 Å². The molecule has 1 aromatic rings. The molecule has 0 bridgehead atoms. The Morgan fingerprint density at radius 2 is 2.20 bits per heavy atom. The summed E-state index contributed by atoms with van der Waals surface area (Å²) in [5.74, 6) is 0.823. The van der Waals surface area contributed by atoms with Crippen molar-refractivity contribution in [3.05, 3.63) is 29.3 Å². The van der Waals surface area contributed by atoms with Gasteiger partial charge in [0.2, 0.25) is 0 Å². The van der Waals surface area contributed by atoms with Crippen molar-refractivity contribution in [1.82, 2.24) is 0 Å². The summed E-state index contributed by atoms with van der Waals surface area (Å²) in [7, 11) is 0. The van der Waals surface area contributed by atoms with Gasteiger partial charge in [0, 0.05) is 24.6 Å². The first-order valence-electron chi connectivity index (χ1n) is 5.25. The van der Waals surface area contributed by atoms with E-state index in [0.29, 0.717) is 13.0 Å². The van der Waals surface area contributed by atoms with E-state index >= 15 is 0 Å². The second-order valence-corrected chi connectivity index (χ2v) is 3.76. The minimum Gasteiger partial charge on any atom is -0.493 e. The highest BCUT2D eigenvalue weighted by Gasteiger charge is 2.07. The van der Waals surface area contributed by atoms with Crippen molar-refractivity contribution in [2.45, 2.75) is 26.3 Å². The number of aryl methyl sites for hydroxylation is 1. The van der Waals surface area contributed by atoms with Gasteiger partial charge >= 0.3 is 0 Å². The molecule has 0 radical (unpaired) electrons. The minimum atomic E-state index is -0.0333. The Labute approximate surface area is 90.9 Å². The molecule has 0 aliphatic heterocycles. The van der Waals surface area contributed by atoms with Crippen molar-refractivity contribution in [3.8, 4) is 5.75 Å². The largest absolute Gasteiger partial charge is 0.493 e. The molecule has 0 heterocycles. The predicted octanol–water partition coefficient (Wildman–Crippen LogP) is 1.78. The zero-order valence-corrected chi connectivity index (χ0v) is 9.36. The molecule has 1 aromatic carbocycles. The van der Waals surface area contributed by atoms with Gasteiger partial charge in [0.15, 0.2) is 0 Å². The van der Waals surface area contributed by atoms with E-state index in [9.17, 15) is 0 Å². The SMILES string of the molecule is Cc1ccc(OCCCO)c([C@@H](C)N)c1. The molecule has 0 saturated heterocycles. The average Bonchev–Trinajstić information content (AvgIpc) is 2.20. The van der Waals surface area contributed by atoms with Crippen LogP contribution in [0.2, 0.25) is 0 Å². The molecule has 3 N–H and O–H groups in total. The van der Waals surface area contributed by atoms with Gasteiger partial charge in [-0.25, -0.2) is 0 Å². The first-order chi connectivity index (χ1) is 7.15. The zero-order valence-electron chi connectivity index (χ0n) is 9.36. The van der Waals surface area contributed by atoms with Crippen LogP contribution in [0, 0.1) is 6.92 Å². The Morgan fingerprint density at radius 3 is 2.80 bits per heavy atom. The van der Waals surface area contributed by atoms with E-state index < -0.39 is 0 Å². The van der Waals surface area contributed by atoms with Gasteiger partial charge in [-0.3, -0.25) is 0 Å². The van der Waals surface area contributed by atoms with Crippen molar-refractivity contribution in [3.63, 3.8) is 0 Å². The summed E-state index contributed by atoms with van der Waals surface area (Å²) in [6.45, 7) is 4.65. The normalized spacial score (nSPS) is 12.5. The molecule has 15 heavy (non-hydrogen) atoms. The van der Waals surface area contributed by atoms with Crippen LogP contribution in [0.1, 0.15) is 30.5 Å². The molecular formula is C12H19NO2. The van der Waals surface area contributed by atoms with Crippen molar-refractivity contribution in [2.75, 3.05) is 13.2 Å². The maximum atomic E-state index is 8.66. The van der Waals surface area contributed by atoms with Gasteiger partial charge in [0.1, 0.15) is 5.75 Å². The van der Waals surface area contributed by atoms with Crippen LogP contribution in [0.25, 0.3) is 0 Å². The molecule has 0 aromatic heterocycles. The first-order valence-corrected chi connectivity index (χ1v) is 5.25. The van der Waals surface area contributed by atoms with Gasteiger partial charge in [-0.1, -0.05) is 17.7 Å². The highest BCUT2D eigenvalue weighted by Crippen LogP contribution is 2.24. The second-order valence-electron chi connectivity index (χ2n) is 3.76. The Hall–Kier alpha value is -1.06. The first kappa shape index (κ1) is 12.0. The number of nitrogens with two attached hydrogens (primary N) is 1. The summed E-state index contributed by atoms with van der Waals surface area (Å²) in [4.78, 5) is 0. The van der Waals surface area contributed by atoms with Crippen LogP contribution in [-0.2, 0) is 0 Å². The maximum absolute atomic E-state index is 8.66. The summed E-state index contributed by atoms with van der Waals surface area (Å²) < 4.78 is 5.55. The summed E-state index contributed by atoms with van der Waals surface area (Å²) in [6.07, 6.45) is 0.645. The lowest BCUT2D eigenvalue weighted by molar-refractivity contribution is 0.232. The highest BCUT2D eigenvalue weighted by molar-refractivity contribution is 5.38. The molecule has 0 aliphatic carbocycles. The number of rotatable bonds is 5. The van der Waals surface area contributed by atoms with Crippen LogP contribution >= 0.6 is 0 Å². The number of aliphatic hydroxyl groups is 1. The second kappa shape index (κ2) is 5.73. The fourth-order valence-corrected chi connectivity index (χ4v) is 1.40. The fraction of sp³-hybridized carbons (Fsp3) is 0.500. The molecule has 0 spiro atoms. The molecule has 0 amide bonds. The van der Waals surface area contributed by atoms with E-state index in [2.05, 4.69) is 0 Å². The predicted molar refractivity (Wildman–Crippen MR) is 61.0 cm³/mol. The average molecular weight is 209 g/mol. The van der Waals surface area contributed by atoms with E-state index in [0.717, 1.165) is 11.3 Å². The number of hydrogen-bond acceptors (Lipinski definition) is 3. The third-order valence-electron chi connectivity index (χ3n) is 2.22. The minimum absolute atomic E-state index is 0.0333. The van der Waals surface area contributed by atoms with Crippen LogP contribution in [0.5, 0.6) is 5.75 Å². The number of aliphatic hydroxyl groups excluding tert-OH is 1. The van der Waals surface area contributed by atoms with E-state index in [1.807, 2.05) is 32.0 Å². The third kappa shape index (κ3) is 3.53. The van der Waals surface area contributed by atoms with Gasteiger partial charge in [0.05, 0.1) is 6.61 Å². The Morgan fingerprint density at radius 1 is 1.47 bits per heavy atom. The summed E-state index contributed by atoms with van der Waals surface area (Å²) in [5, 5.41) is 8.66. The number of ether oxygens (including phenoxy) is 1. The lowest BCUT2D eigenvalue weighted by Crippen LogP contribution is -2.09. The maximum Gasteiger partial charge on any atom is 0.124 e. The molecule has 1 atom stereocenters. The number of benzene rings is 1. The van der Waals surface area contributed by atoms with E-state index in [1.165, 1.54) is 5.56 Å². The van der Waals surface area contributed by atoms with Gasteiger partial charge < -0.3 is 15.6 Å². The molecule has 84 valence electrons. The van der Waals surface area contributed by atoms with Gasteiger partial charge in [-0.15, -0.1) is 0 Å². The molecule has 3 heteroatoms. The van der Waals surface area contributed by atoms with Crippen LogP contribution < -0.4 is 10.5 Å². The van der Waals surface area contributed by atoms with Crippen LogP contribution in [0.15, 0.2) is 18.2 Å². The smallest absolute Gasteiger partial charge is 0.124 e. The van der Waals surface area contributed by atoms with Gasteiger partial charge in [0.25, 0.3) is 0 Å². The monoisotopic (exact) mass is 209 g/mol. The summed E-state index contributed by atoms with van der Waals surface area (Å²) in [5.41, 5.74) is 8.06. The van der Waals surface area contributed by atoms with E-state index in [4.69, 9.17) is 15.6 Å². The molecule has 0 unspecified atom stereocenters. The third-order valence-corrected chi connectivity index (χ3v) is 2.22. The molecule has 1 rings (SSSR count). The molecule has 0 fully saturated rings. The van der Waals surface area contributed by atoms with Crippen LogP contribution in [0.3, 0.4) is 0 Å². The van der Waals surface area contributed by atoms with Gasteiger partial charge in [-0.2, -0.15) is 0 Å². The molecule has 0 saturated carbocycles. The van der Waals surface area contributed by atoms with Crippen molar-refractivity contribution < 1.29 is 9.84 Å².